The molecule has 1 aromatic heterocycles. The van der Waals surface area contributed by atoms with Crippen LogP contribution < -0.4 is 20.1 Å². The molecule has 152 valence electrons. The van der Waals surface area contributed by atoms with Gasteiger partial charge in [-0.3, -0.25) is 0 Å². The van der Waals surface area contributed by atoms with Crippen LogP contribution in [0.1, 0.15) is 5.56 Å². The van der Waals surface area contributed by atoms with Crippen molar-refractivity contribution in [2.75, 3.05) is 24.9 Å². The number of nitrogens with one attached hydrogen (secondary N) is 3. The predicted molar refractivity (Wildman–Crippen MR) is 121 cm³/mol. The fraction of sp³-hybridized carbons (Fsp3) is 0.125. The Hall–Kier alpha value is -3.93. The van der Waals surface area contributed by atoms with Gasteiger partial charge in [-0.25, -0.2) is 4.79 Å². The van der Waals surface area contributed by atoms with Gasteiger partial charge >= 0.3 is 6.03 Å². The third-order valence-electron chi connectivity index (χ3n) is 4.94. The van der Waals surface area contributed by atoms with Crippen molar-refractivity contribution in [3.8, 4) is 22.8 Å². The quantitative estimate of drug-likeness (QED) is 0.395. The van der Waals surface area contributed by atoms with Crippen LogP contribution in [0.4, 0.5) is 16.2 Å². The number of hydrogen-bond acceptors (Lipinski definition) is 3. The molecule has 0 atom stereocenters. The van der Waals surface area contributed by atoms with E-state index in [1.165, 1.54) is 5.56 Å². The fourth-order valence-electron chi connectivity index (χ4n) is 3.38. The zero-order chi connectivity index (χ0) is 21.1. The van der Waals surface area contributed by atoms with Crippen LogP contribution in [0.3, 0.4) is 0 Å². The molecule has 0 unspecified atom stereocenters. The molecule has 2 amide bonds. The Morgan fingerprint density at radius 3 is 2.40 bits per heavy atom. The van der Waals surface area contributed by atoms with Crippen LogP contribution in [-0.4, -0.2) is 25.2 Å². The number of anilines is 2. The molecule has 30 heavy (non-hydrogen) atoms. The minimum atomic E-state index is -0.364. The zero-order valence-corrected chi connectivity index (χ0v) is 17.1. The SMILES string of the molecule is COc1ccc(NC(=O)Nc2c(-c3ccc(C)cc3)[nH]c3ccccc23)c(OC)c1. The van der Waals surface area contributed by atoms with Crippen LogP contribution in [0.25, 0.3) is 22.2 Å². The molecular weight excluding hydrogens is 378 g/mol. The normalized spacial score (nSPS) is 10.6. The summed E-state index contributed by atoms with van der Waals surface area (Å²) in [4.78, 5) is 16.3. The monoisotopic (exact) mass is 401 g/mol. The van der Waals surface area contributed by atoms with Crippen LogP contribution >= 0.6 is 0 Å². The summed E-state index contributed by atoms with van der Waals surface area (Å²) in [6.07, 6.45) is 0. The van der Waals surface area contributed by atoms with Crippen LogP contribution in [0.5, 0.6) is 11.5 Å². The maximum atomic E-state index is 12.9. The van der Waals surface area contributed by atoms with Crippen molar-refractivity contribution >= 4 is 28.3 Å². The number of aromatic amines is 1. The van der Waals surface area contributed by atoms with Crippen molar-refractivity contribution in [2.24, 2.45) is 0 Å². The third-order valence-corrected chi connectivity index (χ3v) is 4.94. The Morgan fingerprint density at radius 2 is 1.67 bits per heavy atom. The molecule has 0 saturated heterocycles. The van der Waals surface area contributed by atoms with Crippen LogP contribution in [0, 0.1) is 6.92 Å². The molecule has 0 aliphatic heterocycles. The van der Waals surface area contributed by atoms with Gasteiger partial charge in [0.2, 0.25) is 0 Å². The average molecular weight is 401 g/mol. The first-order valence-electron chi connectivity index (χ1n) is 9.57. The highest BCUT2D eigenvalue weighted by atomic mass is 16.5. The number of fused-ring (bicyclic) bond motifs is 1. The molecule has 3 N–H and O–H groups in total. The Kier molecular flexibility index (Phi) is 5.30. The van der Waals surface area contributed by atoms with Crippen molar-refractivity contribution in [1.29, 1.82) is 0 Å². The van der Waals surface area contributed by atoms with Gasteiger partial charge in [-0.15, -0.1) is 0 Å². The number of ether oxygens (including phenoxy) is 2. The molecule has 0 bridgehead atoms. The second-order valence-electron chi connectivity index (χ2n) is 6.93. The number of hydrogen-bond donors (Lipinski definition) is 3. The first-order valence-corrected chi connectivity index (χ1v) is 9.57. The number of aromatic nitrogens is 1. The second-order valence-corrected chi connectivity index (χ2v) is 6.93. The van der Waals surface area contributed by atoms with Gasteiger partial charge in [0.1, 0.15) is 11.5 Å². The number of rotatable bonds is 5. The maximum Gasteiger partial charge on any atom is 0.323 e. The number of carbonyl (C=O) groups excluding carboxylic acids is 1. The molecule has 0 radical (unpaired) electrons. The summed E-state index contributed by atoms with van der Waals surface area (Å²) < 4.78 is 10.6. The first-order chi connectivity index (χ1) is 14.6. The number of amides is 2. The van der Waals surface area contributed by atoms with Crippen molar-refractivity contribution in [3.63, 3.8) is 0 Å². The Balaban J connectivity index is 1.67. The molecule has 6 heteroatoms. The van der Waals surface area contributed by atoms with Crippen molar-refractivity contribution in [1.82, 2.24) is 4.98 Å². The van der Waals surface area contributed by atoms with Crippen molar-refractivity contribution in [2.45, 2.75) is 6.92 Å². The molecule has 3 aromatic carbocycles. The molecule has 0 spiro atoms. The minimum Gasteiger partial charge on any atom is -0.497 e. The molecule has 4 rings (SSSR count). The highest BCUT2D eigenvalue weighted by Gasteiger charge is 2.16. The number of methoxy groups -OCH3 is 2. The van der Waals surface area contributed by atoms with Crippen LogP contribution in [0.2, 0.25) is 0 Å². The Bertz CT molecular complexity index is 1200. The Morgan fingerprint density at radius 1 is 0.900 bits per heavy atom. The summed E-state index contributed by atoms with van der Waals surface area (Å²) in [6.45, 7) is 2.05. The summed E-state index contributed by atoms with van der Waals surface area (Å²) in [7, 11) is 3.13. The fourth-order valence-corrected chi connectivity index (χ4v) is 3.38. The molecule has 0 saturated carbocycles. The van der Waals surface area contributed by atoms with Crippen LogP contribution in [0.15, 0.2) is 66.7 Å². The topological polar surface area (TPSA) is 75.4 Å². The summed E-state index contributed by atoms with van der Waals surface area (Å²) in [6, 6.07) is 20.9. The number of benzene rings is 3. The lowest BCUT2D eigenvalue weighted by molar-refractivity contribution is 0.262. The molecule has 0 aliphatic carbocycles. The van der Waals surface area contributed by atoms with E-state index in [1.54, 1.807) is 32.4 Å². The summed E-state index contributed by atoms with van der Waals surface area (Å²) in [5.41, 5.74) is 5.24. The summed E-state index contributed by atoms with van der Waals surface area (Å²) in [5, 5.41) is 6.80. The lowest BCUT2D eigenvalue weighted by Gasteiger charge is -2.13. The lowest BCUT2D eigenvalue weighted by atomic mass is 10.1. The Labute approximate surface area is 174 Å². The zero-order valence-electron chi connectivity index (χ0n) is 17.1. The molecule has 6 nitrogen and oxygen atoms in total. The smallest absolute Gasteiger partial charge is 0.323 e. The van der Waals surface area contributed by atoms with E-state index >= 15 is 0 Å². The van der Waals surface area contributed by atoms with Gasteiger partial charge in [0.25, 0.3) is 0 Å². The lowest BCUT2D eigenvalue weighted by Crippen LogP contribution is -2.20. The van der Waals surface area contributed by atoms with E-state index < -0.39 is 0 Å². The van der Waals surface area contributed by atoms with E-state index in [1.807, 2.05) is 55.5 Å². The highest BCUT2D eigenvalue weighted by Crippen LogP contribution is 2.35. The summed E-state index contributed by atoms with van der Waals surface area (Å²) >= 11 is 0. The van der Waals surface area contributed by atoms with Crippen molar-refractivity contribution in [3.05, 3.63) is 72.3 Å². The number of H-pyrrole nitrogens is 1. The third kappa shape index (κ3) is 3.80. The van der Waals surface area contributed by atoms with E-state index in [9.17, 15) is 4.79 Å². The highest BCUT2D eigenvalue weighted by molar-refractivity contribution is 6.11. The number of para-hydroxylation sites is 1. The van der Waals surface area contributed by atoms with E-state index in [4.69, 9.17) is 9.47 Å². The van der Waals surface area contributed by atoms with E-state index in [0.29, 0.717) is 17.2 Å². The number of urea groups is 1. The largest absolute Gasteiger partial charge is 0.497 e. The van der Waals surface area contributed by atoms with Gasteiger partial charge in [0.05, 0.1) is 31.3 Å². The first kappa shape index (κ1) is 19.4. The molecule has 4 aromatic rings. The molecule has 0 aliphatic rings. The number of carbonyl (C=O) groups is 1. The average Bonchev–Trinajstić information content (AvgIpc) is 3.13. The minimum absolute atomic E-state index is 0.364. The van der Waals surface area contributed by atoms with E-state index in [2.05, 4.69) is 15.6 Å². The standard InChI is InChI=1S/C24H23N3O3/c1-15-8-10-16(11-9-15)22-23(18-6-4-5-7-19(18)25-22)27-24(28)26-20-13-12-17(29-2)14-21(20)30-3/h4-14,25H,1-3H3,(H2,26,27,28). The van der Waals surface area contributed by atoms with E-state index in [-0.39, 0.29) is 6.03 Å². The van der Waals surface area contributed by atoms with E-state index in [0.717, 1.165) is 27.8 Å². The summed E-state index contributed by atoms with van der Waals surface area (Å²) in [5.74, 6) is 1.17. The second kappa shape index (κ2) is 8.21. The van der Waals surface area contributed by atoms with Gasteiger partial charge in [-0.05, 0) is 25.1 Å². The van der Waals surface area contributed by atoms with Crippen LogP contribution in [-0.2, 0) is 0 Å². The molecular formula is C24H23N3O3. The number of aryl methyl sites for hydroxylation is 1. The van der Waals surface area contributed by atoms with Gasteiger partial charge in [0, 0.05) is 22.5 Å². The molecule has 0 fully saturated rings. The van der Waals surface area contributed by atoms with Gasteiger partial charge in [-0.2, -0.15) is 0 Å². The van der Waals surface area contributed by atoms with Gasteiger partial charge in [0.15, 0.2) is 0 Å². The predicted octanol–water partition coefficient (Wildman–Crippen LogP) is 5.80. The van der Waals surface area contributed by atoms with Crippen molar-refractivity contribution < 1.29 is 14.3 Å². The van der Waals surface area contributed by atoms with Gasteiger partial charge < -0.3 is 25.1 Å². The molecule has 1 heterocycles. The maximum absolute atomic E-state index is 12.9. The van der Waals surface area contributed by atoms with Gasteiger partial charge in [-0.1, -0.05) is 48.0 Å².